The Balaban J connectivity index is 2.04. The topological polar surface area (TPSA) is 72.5 Å². The summed E-state index contributed by atoms with van der Waals surface area (Å²) in [5, 5.41) is 5.85. The van der Waals surface area contributed by atoms with Crippen LogP contribution in [0.3, 0.4) is 0 Å². The zero-order valence-corrected chi connectivity index (χ0v) is 13.0. The number of pyridine rings is 1. The van der Waals surface area contributed by atoms with Gasteiger partial charge in [-0.15, -0.1) is 0 Å². The van der Waals surface area contributed by atoms with Crippen LogP contribution >= 0.6 is 11.6 Å². The van der Waals surface area contributed by atoms with Crippen molar-refractivity contribution in [2.45, 2.75) is 6.54 Å². The summed E-state index contributed by atoms with van der Waals surface area (Å²) in [5.74, 6) is 0.900. The molecule has 2 amide bonds. The molecule has 0 atom stereocenters. The molecule has 0 unspecified atom stereocenters. The van der Waals surface area contributed by atoms with Gasteiger partial charge in [0.05, 0.1) is 24.9 Å². The summed E-state index contributed by atoms with van der Waals surface area (Å²) in [6, 6.07) is 6.48. The van der Waals surface area contributed by atoms with Crippen molar-refractivity contribution in [3.8, 4) is 11.5 Å². The van der Waals surface area contributed by atoms with Crippen LogP contribution in [0.25, 0.3) is 0 Å². The van der Waals surface area contributed by atoms with E-state index in [1.54, 1.807) is 24.5 Å². The Bertz CT molecular complexity index is 650. The number of nitrogens with one attached hydrogen (secondary N) is 2. The molecule has 1 aromatic heterocycles. The zero-order chi connectivity index (χ0) is 15.9. The van der Waals surface area contributed by atoms with Gasteiger partial charge < -0.3 is 20.1 Å². The summed E-state index contributed by atoms with van der Waals surface area (Å²) in [5.41, 5.74) is 1.42. The number of benzene rings is 1. The second-order valence-corrected chi connectivity index (χ2v) is 4.76. The number of ether oxygens (including phenoxy) is 2. The molecular weight excluding hydrogens is 306 g/mol. The first-order valence-corrected chi connectivity index (χ1v) is 6.87. The minimum Gasteiger partial charge on any atom is -0.495 e. The number of halogens is 1. The molecule has 2 aromatic rings. The van der Waals surface area contributed by atoms with Gasteiger partial charge in [-0.05, 0) is 17.7 Å². The van der Waals surface area contributed by atoms with Gasteiger partial charge in [0.15, 0.2) is 0 Å². The summed E-state index contributed by atoms with van der Waals surface area (Å²) in [6.07, 6.45) is 3.34. The molecule has 0 aliphatic rings. The fourth-order valence-corrected chi connectivity index (χ4v) is 2.04. The van der Waals surface area contributed by atoms with Gasteiger partial charge in [-0.1, -0.05) is 11.6 Å². The molecule has 0 radical (unpaired) electrons. The average molecular weight is 322 g/mol. The zero-order valence-electron chi connectivity index (χ0n) is 12.2. The minimum atomic E-state index is -0.362. The predicted octanol–water partition coefficient (Wildman–Crippen LogP) is 3.07. The van der Waals surface area contributed by atoms with E-state index < -0.39 is 0 Å². The first kappa shape index (κ1) is 15.9. The molecule has 2 rings (SSSR count). The number of carbonyl (C=O) groups excluding carboxylic acids is 1. The van der Waals surface area contributed by atoms with Crippen LogP contribution in [0.4, 0.5) is 10.5 Å². The van der Waals surface area contributed by atoms with Gasteiger partial charge in [0, 0.05) is 31.1 Å². The lowest BCUT2D eigenvalue weighted by Gasteiger charge is -2.13. The second-order valence-electron chi connectivity index (χ2n) is 4.35. The van der Waals surface area contributed by atoms with Gasteiger partial charge in [-0.3, -0.25) is 4.98 Å². The molecule has 0 aliphatic carbocycles. The molecule has 0 saturated carbocycles. The molecule has 6 nitrogen and oxygen atoms in total. The summed E-state index contributed by atoms with van der Waals surface area (Å²) in [4.78, 5) is 15.9. The molecule has 0 fully saturated rings. The number of nitrogens with zero attached hydrogens (tertiary/aromatic N) is 1. The van der Waals surface area contributed by atoms with Crippen molar-refractivity contribution in [1.29, 1.82) is 0 Å². The molecule has 116 valence electrons. The van der Waals surface area contributed by atoms with Crippen molar-refractivity contribution in [3.63, 3.8) is 0 Å². The molecule has 1 aromatic carbocycles. The lowest BCUT2D eigenvalue weighted by atomic mass is 10.2. The Morgan fingerprint density at radius 1 is 1.18 bits per heavy atom. The van der Waals surface area contributed by atoms with E-state index >= 15 is 0 Å². The highest BCUT2D eigenvalue weighted by atomic mass is 35.5. The van der Waals surface area contributed by atoms with Crippen molar-refractivity contribution >= 4 is 23.3 Å². The predicted molar refractivity (Wildman–Crippen MR) is 84.7 cm³/mol. The summed E-state index contributed by atoms with van der Waals surface area (Å²) in [7, 11) is 3.00. The van der Waals surface area contributed by atoms with Gasteiger partial charge >= 0.3 is 6.03 Å². The number of hydrogen-bond acceptors (Lipinski definition) is 4. The van der Waals surface area contributed by atoms with Crippen molar-refractivity contribution in [2.24, 2.45) is 0 Å². The Labute approximate surface area is 133 Å². The number of urea groups is 1. The molecule has 0 spiro atoms. The number of anilines is 1. The van der Waals surface area contributed by atoms with E-state index in [0.29, 0.717) is 28.8 Å². The average Bonchev–Trinajstić information content (AvgIpc) is 2.55. The number of hydrogen-bond donors (Lipinski definition) is 2. The van der Waals surface area contributed by atoms with Gasteiger partial charge in [-0.25, -0.2) is 4.79 Å². The van der Waals surface area contributed by atoms with E-state index in [1.807, 2.05) is 12.1 Å². The molecule has 0 bridgehead atoms. The normalized spacial score (nSPS) is 9.95. The lowest BCUT2D eigenvalue weighted by molar-refractivity contribution is 0.251. The van der Waals surface area contributed by atoms with Crippen LogP contribution in [-0.4, -0.2) is 25.2 Å². The summed E-state index contributed by atoms with van der Waals surface area (Å²) < 4.78 is 10.3. The maximum absolute atomic E-state index is 12.0. The van der Waals surface area contributed by atoms with E-state index in [1.165, 1.54) is 14.2 Å². The SMILES string of the molecule is COc1cc(NC(=O)NCc2ccncc2)c(OC)cc1Cl. The second kappa shape index (κ2) is 7.51. The Kier molecular flexibility index (Phi) is 5.43. The standard InChI is InChI=1S/C15H16ClN3O3/c1-21-13-8-12(14(22-2)7-11(13)16)19-15(20)18-9-10-3-5-17-6-4-10/h3-8H,9H2,1-2H3,(H2,18,19,20). The van der Waals surface area contributed by atoms with Crippen molar-refractivity contribution in [1.82, 2.24) is 10.3 Å². The smallest absolute Gasteiger partial charge is 0.319 e. The monoisotopic (exact) mass is 321 g/mol. The van der Waals surface area contributed by atoms with E-state index in [-0.39, 0.29) is 6.03 Å². The number of aromatic nitrogens is 1. The number of carbonyl (C=O) groups is 1. The van der Waals surface area contributed by atoms with Crippen LogP contribution in [0.2, 0.25) is 5.02 Å². The first-order valence-electron chi connectivity index (χ1n) is 6.49. The lowest BCUT2D eigenvalue weighted by Crippen LogP contribution is -2.28. The maximum Gasteiger partial charge on any atom is 0.319 e. The van der Waals surface area contributed by atoms with Gasteiger partial charge in [0.1, 0.15) is 11.5 Å². The third kappa shape index (κ3) is 4.02. The van der Waals surface area contributed by atoms with E-state index in [9.17, 15) is 4.79 Å². The molecule has 0 saturated heterocycles. The third-order valence-corrected chi connectivity index (χ3v) is 3.22. The van der Waals surface area contributed by atoms with Crippen LogP contribution in [0.1, 0.15) is 5.56 Å². The largest absolute Gasteiger partial charge is 0.495 e. The molecular formula is C15H16ClN3O3. The van der Waals surface area contributed by atoms with Crippen LogP contribution in [0.5, 0.6) is 11.5 Å². The first-order chi connectivity index (χ1) is 10.6. The highest BCUT2D eigenvalue weighted by molar-refractivity contribution is 6.32. The van der Waals surface area contributed by atoms with Crippen LogP contribution in [-0.2, 0) is 6.54 Å². The van der Waals surface area contributed by atoms with Crippen LogP contribution < -0.4 is 20.1 Å². The number of rotatable bonds is 5. The van der Waals surface area contributed by atoms with E-state index in [2.05, 4.69) is 15.6 Å². The van der Waals surface area contributed by atoms with Gasteiger partial charge in [0.25, 0.3) is 0 Å². The van der Waals surface area contributed by atoms with E-state index in [4.69, 9.17) is 21.1 Å². The van der Waals surface area contributed by atoms with Crippen molar-refractivity contribution in [2.75, 3.05) is 19.5 Å². The fraction of sp³-hybridized carbons (Fsp3) is 0.200. The fourth-order valence-electron chi connectivity index (χ4n) is 1.81. The summed E-state index contributed by atoms with van der Waals surface area (Å²) in [6.45, 7) is 0.390. The molecule has 0 aliphatic heterocycles. The number of methoxy groups -OCH3 is 2. The minimum absolute atomic E-state index is 0.362. The Hall–Kier alpha value is -2.47. The highest BCUT2D eigenvalue weighted by Gasteiger charge is 2.12. The quantitative estimate of drug-likeness (QED) is 0.887. The van der Waals surface area contributed by atoms with Gasteiger partial charge in [-0.2, -0.15) is 0 Å². The summed E-state index contributed by atoms with van der Waals surface area (Å²) >= 11 is 6.02. The van der Waals surface area contributed by atoms with Crippen molar-refractivity contribution in [3.05, 3.63) is 47.2 Å². The van der Waals surface area contributed by atoms with Gasteiger partial charge in [0.2, 0.25) is 0 Å². The Morgan fingerprint density at radius 3 is 2.50 bits per heavy atom. The van der Waals surface area contributed by atoms with E-state index in [0.717, 1.165) is 5.56 Å². The molecule has 2 N–H and O–H groups in total. The third-order valence-electron chi connectivity index (χ3n) is 2.92. The number of amides is 2. The maximum atomic E-state index is 12.0. The Morgan fingerprint density at radius 2 is 1.86 bits per heavy atom. The molecule has 22 heavy (non-hydrogen) atoms. The molecule has 7 heteroatoms. The van der Waals surface area contributed by atoms with Crippen molar-refractivity contribution < 1.29 is 14.3 Å². The van der Waals surface area contributed by atoms with Crippen LogP contribution in [0, 0.1) is 0 Å². The van der Waals surface area contributed by atoms with Crippen LogP contribution in [0.15, 0.2) is 36.7 Å². The molecule has 1 heterocycles. The highest BCUT2D eigenvalue weighted by Crippen LogP contribution is 2.35.